The Balaban J connectivity index is 1.38. The third-order valence-electron chi connectivity index (χ3n) is 6.58. The average molecular weight is 418 g/mol. The molecule has 0 N–H and O–H groups in total. The number of benzene rings is 1. The third kappa shape index (κ3) is 4.19. The molecule has 3 fully saturated rings. The summed E-state index contributed by atoms with van der Waals surface area (Å²) in [4.78, 5) is 30.3. The van der Waals surface area contributed by atoms with Crippen LogP contribution < -0.4 is 9.47 Å². The van der Waals surface area contributed by atoms with Crippen LogP contribution in [0, 0.1) is 5.41 Å². The van der Waals surface area contributed by atoms with Gasteiger partial charge in [0.1, 0.15) is 13.2 Å². The molecule has 0 saturated carbocycles. The summed E-state index contributed by atoms with van der Waals surface area (Å²) in [5.41, 5.74) is 1.25. The van der Waals surface area contributed by atoms with Crippen LogP contribution in [0.5, 0.6) is 11.5 Å². The normalized spacial score (nSPS) is 24.4. The highest BCUT2D eigenvalue weighted by Crippen LogP contribution is 2.40. The van der Waals surface area contributed by atoms with Gasteiger partial charge in [-0.05, 0) is 31.9 Å². The van der Waals surface area contributed by atoms with E-state index in [1.165, 1.54) is 4.90 Å². The molecule has 0 aliphatic carbocycles. The van der Waals surface area contributed by atoms with Crippen LogP contribution in [0.2, 0.25) is 0 Å². The zero-order valence-electron chi connectivity index (χ0n) is 17.9. The fourth-order valence-corrected chi connectivity index (χ4v) is 5.08. The quantitative estimate of drug-likeness (QED) is 0.705. The van der Waals surface area contributed by atoms with Crippen molar-refractivity contribution in [2.75, 3.05) is 60.1 Å². The number of amides is 2. The standard InChI is InChI=1S/C22H31N3O5/c1-28-18-6-3-5-17(20(18)29-2)13-23-9-4-7-22(15-23)8-10-25(16-22)19(26)14-24-11-12-30-21(24)27/h3,5-6H,4,7-16H2,1-2H3. The van der Waals surface area contributed by atoms with E-state index in [-0.39, 0.29) is 24.0 Å². The Labute approximate surface area is 177 Å². The second kappa shape index (κ2) is 8.71. The van der Waals surface area contributed by atoms with E-state index in [2.05, 4.69) is 11.0 Å². The molecule has 3 heterocycles. The molecule has 1 aromatic carbocycles. The predicted octanol–water partition coefficient (Wildman–Crippen LogP) is 1.97. The van der Waals surface area contributed by atoms with Gasteiger partial charge in [0.2, 0.25) is 5.91 Å². The van der Waals surface area contributed by atoms with Crippen molar-refractivity contribution in [3.63, 3.8) is 0 Å². The number of likely N-dealkylation sites (tertiary alicyclic amines) is 2. The smallest absolute Gasteiger partial charge is 0.410 e. The van der Waals surface area contributed by atoms with E-state index >= 15 is 0 Å². The van der Waals surface area contributed by atoms with Crippen LogP contribution in [-0.2, 0) is 16.1 Å². The Bertz CT molecular complexity index is 801. The molecule has 1 atom stereocenters. The largest absolute Gasteiger partial charge is 0.493 e. The van der Waals surface area contributed by atoms with Crippen LogP contribution in [0.25, 0.3) is 0 Å². The van der Waals surface area contributed by atoms with Gasteiger partial charge in [0.05, 0.1) is 20.8 Å². The SMILES string of the molecule is COc1cccc(CN2CCCC3(CCN(C(=O)CN4CCOC4=O)C3)C2)c1OC. The summed E-state index contributed by atoms with van der Waals surface area (Å²) < 4.78 is 16.0. The van der Waals surface area contributed by atoms with Gasteiger partial charge >= 0.3 is 6.09 Å². The minimum atomic E-state index is -0.381. The van der Waals surface area contributed by atoms with E-state index < -0.39 is 0 Å². The molecule has 0 bridgehead atoms. The number of piperidine rings is 1. The molecule has 8 heteroatoms. The Hall–Kier alpha value is -2.48. The summed E-state index contributed by atoms with van der Waals surface area (Å²) in [6.45, 7) is 5.32. The van der Waals surface area contributed by atoms with Crippen molar-refractivity contribution in [1.29, 1.82) is 0 Å². The van der Waals surface area contributed by atoms with Crippen molar-refractivity contribution in [2.24, 2.45) is 5.41 Å². The molecule has 164 valence electrons. The van der Waals surface area contributed by atoms with Gasteiger partial charge in [-0.1, -0.05) is 12.1 Å². The van der Waals surface area contributed by atoms with Crippen molar-refractivity contribution in [3.05, 3.63) is 23.8 Å². The predicted molar refractivity (Wildman–Crippen MR) is 111 cm³/mol. The Morgan fingerprint density at radius 1 is 1.13 bits per heavy atom. The monoisotopic (exact) mass is 417 g/mol. The molecular weight excluding hydrogens is 386 g/mol. The van der Waals surface area contributed by atoms with E-state index in [1.54, 1.807) is 14.2 Å². The van der Waals surface area contributed by atoms with Gasteiger partial charge in [-0.2, -0.15) is 0 Å². The van der Waals surface area contributed by atoms with Crippen LogP contribution in [0.3, 0.4) is 0 Å². The molecular formula is C22H31N3O5. The van der Waals surface area contributed by atoms with Crippen molar-refractivity contribution in [3.8, 4) is 11.5 Å². The lowest BCUT2D eigenvalue weighted by Crippen LogP contribution is -2.46. The molecule has 8 nitrogen and oxygen atoms in total. The van der Waals surface area contributed by atoms with Crippen molar-refractivity contribution in [2.45, 2.75) is 25.8 Å². The van der Waals surface area contributed by atoms with Crippen LogP contribution >= 0.6 is 0 Å². The molecule has 2 amide bonds. The van der Waals surface area contributed by atoms with E-state index in [9.17, 15) is 9.59 Å². The number of ether oxygens (including phenoxy) is 3. The van der Waals surface area contributed by atoms with Crippen LogP contribution in [0.4, 0.5) is 4.79 Å². The number of carbonyl (C=O) groups is 2. The first kappa shape index (κ1) is 20.8. The minimum Gasteiger partial charge on any atom is -0.493 e. The van der Waals surface area contributed by atoms with Gasteiger partial charge in [-0.15, -0.1) is 0 Å². The molecule has 4 rings (SSSR count). The number of hydrogen-bond donors (Lipinski definition) is 0. The first-order chi connectivity index (χ1) is 14.5. The summed E-state index contributed by atoms with van der Waals surface area (Å²) in [5.74, 6) is 1.57. The third-order valence-corrected chi connectivity index (χ3v) is 6.58. The summed E-state index contributed by atoms with van der Waals surface area (Å²) in [7, 11) is 3.33. The number of nitrogens with zero attached hydrogens (tertiary/aromatic N) is 3. The number of rotatable bonds is 6. The first-order valence-corrected chi connectivity index (χ1v) is 10.7. The van der Waals surface area contributed by atoms with Crippen LogP contribution in [-0.4, -0.2) is 86.8 Å². The molecule has 30 heavy (non-hydrogen) atoms. The lowest BCUT2D eigenvalue weighted by Gasteiger charge is -2.40. The molecule has 0 radical (unpaired) electrons. The van der Waals surface area contributed by atoms with Gasteiger partial charge in [0, 0.05) is 37.2 Å². The van der Waals surface area contributed by atoms with Crippen molar-refractivity contribution < 1.29 is 23.8 Å². The molecule has 0 aromatic heterocycles. The van der Waals surface area contributed by atoms with Crippen LogP contribution in [0.15, 0.2) is 18.2 Å². The molecule has 1 spiro atoms. The Morgan fingerprint density at radius 3 is 2.73 bits per heavy atom. The lowest BCUT2D eigenvalue weighted by molar-refractivity contribution is -0.131. The van der Waals surface area contributed by atoms with Gasteiger partial charge < -0.3 is 19.1 Å². The highest BCUT2D eigenvalue weighted by molar-refractivity contribution is 5.83. The number of hydrogen-bond acceptors (Lipinski definition) is 6. The molecule has 3 aliphatic rings. The number of methoxy groups -OCH3 is 2. The second-order valence-electron chi connectivity index (χ2n) is 8.57. The summed E-state index contributed by atoms with van der Waals surface area (Å²) in [6, 6.07) is 5.99. The maximum absolute atomic E-state index is 12.7. The summed E-state index contributed by atoms with van der Waals surface area (Å²) >= 11 is 0. The molecule has 1 unspecified atom stereocenters. The highest BCUT2D eigenvalue weighted by Gasteiger charge is 2.43. The van der Waals surface area contributed by atoms with E-state index in [0.29, 0.717) is 13.2 Å². The fraction of sp³-hybridized carbons (Fsp3) is 0.636. The Morgan fingerprint density at radius 2 is 2.00 bits per heavy atom. The lowest BCUT2D eigenvalue weighted by atomic mass is 9.79. The number of carbonyl (C=O) groups excluding carboxylic acids is 2. The summed E-state index contributed by atoms with van der Waals surface area (Å²) in [5, 5.41) is 0. The minimum absolute atomic E-state index is 0.0253. The van der Waals surface area contributed by atoms with Crippen molar-refractivity contribution in [1.82, 2.24) is 14.7 Å². The highest BCUT2D eigenvalue weighted by atomic mass is 16.6. The zero-order valence-corrected chi connectivity index (χ0v) is 17.9. The van der Waals surface area contributed by atoms with Gasteiger partial charge in [-0.25, -0.2) is 4.79 Å². The molecule has 1 aromatic rings. The maximum Gasteiger partial charge on any atom is 0.410 e. The van der Waals surface area contributed by atoms with Crippen LogP contribution in [0.1, 0.15) is 24.8 Å². The Kier molecular flexibility index (Phi) is 6.04. The average Bonchev–Trinajstić information content (AvgIpc) is 3.34. The summed E-state index contributed by atoms with van der Waals surface area (Å²) in [6.07, 6.45) is 2.88. The molecule has 3 aliphatic heterocycles. The van der Waals surface area contributed by atoms with E-state index in [1.807, 2.05) is 17.0 Å². The van der Waals surface area contributed by atoms with E-state index in [0.717, 1.165) is 69.0 Å². The van der Waals surface area contributed by atoms with Gasteiger partial charge in [-0.3, -0.25) is 14.6 Å². The first-order valence-electron chi connectivity index (χ1n) is 10.7. The second-order valence-corrected chi connectivity index (χ2v) is 8.57. The van der Waals surface area contributed by atoms with Gasteiger partial charge in [0.25, 0.3) is 0 Å². The van der Waals surface area contributed by atoms with Gasteiger partial charge in [0.15, 0.2) is 11.5 Å². The number of cyclic esters (lactones) is 1. The number of para-hydroxylation sites is 1. The topological polar surface area (TPSA) is 71.5 Å². The molecule has 3 saturated heterocycles. The zero-order chi connectivity index (χ0) is 21.1. The maximum atomic E-state index is 12.7. The van der Waals surface area contributed by atoms with Crippen molar-refractivity contribution >= 4 is 12.0 Å². The fourth-order valence-electron chi connectivity index (χ4n) is 5.08. The van der Waals surface area contributed by atoms with E-state index in [4.69, 9.17) is 14.2 Å².